The number of ether oxygens (including phenoxy) is 2. The number of carbonyl (C=O) groups excluding carboxylic acids is 1. The van der Waals surface area contributed by atoms with E-state index in [0.717, 1.165) is 16.3 Å². The SMILES string of the molecule is COc1cc(Cn2c(O)c(N=O)c3cc(NC(=O)c4cccc5ccccc45)ccc32)cc(OC)c1. The van der Waals surface area contributed by atoms with E-state index in [9.17, 15) is 14.8 Å². The highest BCUT2D eigenvalue weighted by Gasteiger charge is 2.20. The number of nitroso groups, excluding NO2 is 1. The fourth-order valence-electron chi connectivity index (χ4n) is 4.41. The number of benzene rings is 4. The van der Waals surface area contributed by atoms with Crippen molar-refractivity contribution in [3.05, 3.63) is 94.9 Å². The number of hydrogen-bond acceptors (Lipinski definition) is 6. The molecule has 1 aromatic heterocycles. The van der Waals surface area contributed by atoms with Gasteiger partial charge in [-0.2, -0.15) is 0 Å². The molecule has 2 N–H and O–H groups in total. The molecule has 0 aliphatic heterocycles. The predicted octanol–water partition coefficient (Wildman–Crippen LogP) is 6.22. The standard InChI is InChI=1S/C28H23N3O5/c1-35-20-12-17(13-21(15-20)36-2)16-31-25-11-10-19(14-24(25)26(30-34)28(31)33)29-27(32)23-9-5-7-18-6-3-4-8-22(18)23/h3-15,33H,16H2,1-2H3,(H,29,32). The third-order valence-corrected chi connectivity index (χ3v) is 6.15. The van der Waals surface area contributed by atoms with Gasteiger partial charge in [0, 0.05) is 22.7 Å². The highest BCUT2D eigenvalue weighted by atomic mass is 16.5. The van der Waals surface area contributed by atoms with Gasteiger partial charge in [0.1, 0.15) is 11.5 Å². The summed E-state index contributed by atoms with van der Waals surface area (Å²) in [5, 5.41) is 19.0. The Labute approximate surface area is 206 Å². The van der Waals surface area contributed by atoms with Crippen LogP contribution >= 0.6 is 0 Å². The largest absolute Gasteiger partial charge is 0.497 e. The van der Waals surface area contributed by atoms with Crippen molar-refractivity contribution in [1.82, 2.24) is 4.57 Å². The lowest BCUT2D eigenvalue weighted by Crippen LogP contribution is -2.12. The monoisotopic (exact) mass is 481 g/mol. The average Bonchev–Trinajstić information content (AvgIpc) is 3.17. The molecular weight excluding hydrogens is 458 g/mol. The molecule has 0 aliphatic rings. The molecule has 0 aliphatic carbocycles. The number of amides is 1. The molecule has 0 unspecified atom stereocenters. The summed E-state index contributed by atoms with van der Waals surface area (Å²) in [7, 11) is 3.12. The zero-order valence-electron chi connectivity index (χ0n) is 19.7. The van der Waals surface area contributed by atoms with Crippen LogP contribution in [0.2, 0.25) is 0 Å². The van der Waals surface area contributed by atoms with Crippen LogP contribution in [0.15, 0.2) is 84.0 Å². The van der Waals surface area contributed by atoms with Gasteiger partial charge in [-0.15, -0.1) is 4.91 Å². The fraction of sp³-hybridized carbons (Fsp3) is 0.107. The maximum absolute atomic E-state index is 13.1. The molecule has 0 saturated heterocycles. The molecule has 1 heterocycles. The number of carbonyl (C=O) groups is 1. The first kappa shape index (κ1) is 22.9. The van der Waals surface area contributed by atoms with Crippen molar-refractivity contribution in [2.75, 3.05) is 19.5 Å². The molecule has 8 nitrogen and oxygen atoms in total. The fourth-order valence-corrected chi connectivity index (χ4v) is 4.41. The van der Waals surface area contributed by atoms with E-state index < -0.39 is 0 Å². The van der Waals surface area contributed by atoms with E-state index >= 15 is 0 Å². The van der Waals surface area contributed by atoms with Crippen LogP contribution in [-0.2, 0) is 6.54 Å². The van der Waals surface area contributed by atoms with Gasteiger partial charge in [0.2, 0.25) is 5.88 Å². The van der Waals surface area contributed by atoms with E-state index in [0.29, 0.717) is 33.7 Å². The number of rotatable bonds is 7. The van der Waals surface area contributed by atoms with Crippen LogP contribution in [-0.4, -0.2) is 29.8 Å². The molecule has 0 spiro atoms. The Balaban J connectivity index is 1.51. The van der Waals surface area contributed by atoms with Gasteiger partial charge in [-0.1, -0.05) is 36.4 Å². The second kappa shape index (κ2) is 9.42. The van der Waals surface area contributed by atoms with Gasteiger partial charge < -0.3 is 24.5 Å². The van der Waals surface area contributed by atoms with Crippen LogP contribution in [0.4, 0.5) is 11.4 Å². The minimum absolute atomic E-state index is 0.0962. The predicted molar refractivity (Wildman–Crippen MR) is 140 cm³/mol. The quantitative estimate of drug-likeness (QED) is 0.269. The van der Waals surface area contributed by atoms with Crippen molar-refractivity contribution >= 4 is 39.0 Å². The zero-order chi connectivity index (χ0) is 25.2. The maximum Gasteiger partial charge on any atom is 0.256 e. The Bertz CT molecular complexity index is 1600. The molecule has 1 amide bonds. The van der Waals surface area contributed by atoms with E-state index in [4.69, 9.17) is 9.47 Å². The number of fused-ring (bicyclic) bond motifs is 2. The molecule has 180 valence electrons. The van der Waals surface area contributed by atoms with E-state index in [-0.39, 0.29) is 24.0 Å². The van der Waals surface area contributed by atoms with Crippen LogP contribution in [0.3, 0.4) is 0 Å². The molecule has 4 aromatic carbocycles. The van der Waals surface area contributed by atoms with Crippen LogP contribution in [0.1, 0.15) is 15.9 Å². The summed E-state index contributed by atoms with van der Waals surface area (Å²) in [6.45, 7) is 0.243. The molecule has 0 fully saturated rings. The summed E-state index contributed by atoms with van der Waals surface area (Å²) in [6, 6.07) is 23.7. The van der Waals surface area contributed by atoms with Crippen molar-refractivity contribution in [1.29, 1.82) is 0 Å². The second-order valence-corrected chi connectivity index (χ2v) is 8.28. The van der Waals surface area contributed by atoms with E-state index in [2.05, 4.69) is 10.5 Å². The second-order valence-electron chi connectivity index (χ2n) is 8.28. The minimum Gasteiger partial charge on any atom is -0.497 e. The molecular formula is C28H23N3O5. The van der Waals surface area contributed by atoms with Gasteiger partial charge in [-0.25, -0.2) is 0 Å². The topological polar surface area (TPSA) is 102 Å². The molecule has 0 bridgehead atoms. The molecule has 5 aromatic rings. The third kappa shape index (κ3) is 4.09. The third-order valence-electron chi connectivity index (χ3n) is 6.15. The number of nitrogens with zero attached hydrogens (tertiary/aromatic N) is 2. The zero-order valence-corrected chi connectivity index (χ0v) is 19.7. The first-order valence-electron chi connectivity index (χ1n) is 11.2. The number of aromatic nitrogens is 1. The number of nitrogens with one attached hydrogen (secondary N) is 1. The van der Waals surface area contributed by atoms with Gasteiger partial charge in [-0.3, -0.25) is 4.79 Å². The molecule has 36 heavy (non-hydrogen) atoms. The first-order valence-corrected chi connectivity index (χ1v) is 11.2. The molecule has 5 rings (SSSR count). The lowest BCUT2D eigenvalue weighted by molar-refractivity contribution is 0.102. The van der Waals surface area contributed by atoms with E-state index in [1.54, 1.807) is 49.1 Å². The summed E-state index contributed by atoms with van der Waals surface area (Å²) < 4.78 is 12.2. The molecule has 0 radical (unpaired) electrons. The van der Waals surface area contributed by atoms with Gasteiger partial charge >= 0.3 is 0 Å². The highest BCUT2D eigenvalue weighted by molar-refractivity contribution is 6.13. The lowest BCUT2D eigenvalue weighted by Gasteiger charge is -2.11. The lowest BCUT2D eigenvalue weighted by atomic mass is 10.0. The van der Waals surface area contributed by atoms with Crippen molar-refractivity contribution in [2.24, 2.45) is 5.18 Å². The number of anilines is 1. The number of methoxy groups -OCH3 is 2. The van der Waals surface area contributed by atoms with Crippen LogP contribution in [0.5, 0.6) is 17.4 Å². The summed E-state index contributed by atoms with van der Waals surface area (Å²) in [5.74, 6) is 0.665. The number of aromatic hydroxyl groups is 1. The Hall–Kier alpha value is -4.85. The average molecular weight is 482 g/mol. The maximum atomic E-state index is 13.1. The Morgan fingerprint density at radius 2 is 1.64 bits per heavy atom. The minimum atomic E-state index is -0.279. The van der Waals surface area contributed by atoms with Crippen molar-refractivity contribution < 1.29 is 19.4 Å². The molecule has 0 saturated carbocycles. The van der Waals surface area contributed by atoms with Gasteiger partial charge in [0.25, 0.3) is 5.91 Å². The van der Waals surface area contributed by atoms with Crippen LogP contribution < -0.4 is 14.8 Å². The number of hydrogen-bond donors (Lipinski definition) is 2. The van der Waals surface area contributed by atoms with Crippen molar-refractivity contribution in [3.63, 3.8) is 0 Å². The van der Waals surface area contributed by atoms with E-state index in [1.807, 2.05) is 48.5 Å². The smallest absolute Gasteiger partial charge is 0.256 e. The van der Waals surface area contributed by atoms with E-state index in [1.165, 1.54) is 0 Å². The molecule has 8 heteroatoms. The Morgan fingerprint density at radius 3 is 2.36 bits per heavy atom. The normalized spacial score (nSPS) is 10.9. The Morgan fingerprint density at radius 1 is 0.917 bits per heavy atom. The van der Waals surface area contributed by atoms with Gasteiger partial charge in [0.05, 0.1) is 26.3 Å². The Kier molecular flexibility index (Phi) is 6.00. The van der Waals surface area contributed by atoms with Crippen LogP contribution in [0.25, 0.3) is 21.7 Å². The highest BCUT2D eigenvalue weighted by Crippen LogP contribution is 2.40. The first-order chi connectivity index (χ1) is 17.5. The summed E-state index contributed by atoms with van der Waals surface area (Å²) in [5.41, 5.74) is 2.30. The van der Waals surface area contributed by atoms with Gasteiger partial charge in [0.15, 0.2) is 5.69 Å². The van der Waals surface area contributed by atoms with Crippen LogP contribution in [0, 0.1) is 4.91 Å². The molecule has 0 atom stereocenters. The summed E-state index contributed by atoms with van der Waals surface area (Å²) >= 11 is 0. The van der Waals surface area contributed by atoms with Crippen molar-refractivity contribution in [2.45, 2.75) is 6.54 Å². The summed E-state index contributed by atoms with van der Waals surface area (Å²) in [4.78, 5) is 24.7. The van der Waals surface area contributed by atoms with Crippen molar-refractivity contribution in [3.8, 4) is 17.4 Å². The summed E-state index contributed by atoms with van der Waals surface area (Å²) in [6.07, 6.45) is 0. The van der Waals surface area contributed by atoms with Gasteiger partial charge in [-0.05, 0) is 57.9 Å².